The summed E-state index contributed by atoms with van der Waals surface area (Å²) in [5.41, 5.74) is 2.44. The van der Waals surface area contributed by atoms with Crippen LogP contribution in [0.15, 0.2) is 58.1 Å². The normalized spacial score (nSPS) is 15.0. The van der Waals surface area contributed by atoms with E-state index in [9.17, 15) is 0 Å². The Morgan fingerprint density at radius 1 is 1.17 bits per heavy atom. The number of nitrogens with zero attached hydrogens (tertiary/aromatic N) is 4. The molecule has 2 heterocycles. The van der Waals surface area contributed by atoms with Crippen LogP contribution in [0, 0.1) is 0 Å². The van der Waals surface area contributed by atoms with E-state index in [1.807, 2.05) is 28.8 Å². The van der Waals surface area contributed by atoms with Gasteiger partial charge in [-0.3, -0.25) is 9.39 Å². The van der Waals surface area contributed by atoms with Crippen LogP contribution in [-0.2, 0) is 11.8 Å². The van der Waals surface area contributed by atoms with Gasteiger partial charge in [-0.05, 0) is 49.6 Å². The molecule has 6 nitrogen and oxygen atoms in total. The van der Waals surface area contributed by atoms with Crippen LogP contribution in [0.2, 0.25) is 0 Å². The molecule has 0 saturated heterocycles. The predicted molar refractivity (Wildman–Crippen MR) is 131 cm³/mol. The van der Waals surface area contributed by atoms with Gasteiger partial charge in [0.25, 0.3) is 0 Å². The Bertz CT molecular complexity index is 982. The fraction of sp³-hybridized carbons (Fsp3) is 0.381. The maximum Gasteiger partial charge on any atom is 0.191 e. The standard InChI is InChI=1S/C21H25BrN6.HI/c1-2-23-20(24-12-9-19-27-26-18-8-3-4-13-28(18)19)25-15-21(10-11-21)16-6-5-7-17(22)14-16;/h3-8,13-14H,2,9-12,15H2,1H3,(H2,23,24,25);1H. The van der Waals surface area contributed by atoms with Crippen LogP contribution in [0.1, 0.15) is 31.2 Å². The van der Waals surface area contributed by atoms with E-state index in [-0.39, 0.29) is 29.4 Å². The van der Waals surface area contributed by atoms with E-state index in [4.69, 9.17) is 4.99 Å². The fourth-order valence-electron chi connectivity index (χ4n) is 3.43. The van der Waals surface area contributed by atoms with Crippen molar-refractivity contribution in [1.82, 2.24) is 25.2 Å². The van der Waals surface area contributed by atoms with Crippen LogP contribution in [0.3, 0.4) is 0 Å². The van der Waals surface area contributed by atoms with Gasteiger partial charge in [-0.2, -0.15) is 0 Å². The first-order valence-corrected chi connectivity index (χ1v) is 10.6. The summed E-state index contributed by atoms with van der Waals surface area (Å²) in [4.78, 5) is 4.87. The van der Waals surface area contributed by atoms with Crippen molar-refractivity contribution in [2.24, 2.45) is 4.99 Å². The molecule has 0 amide bonds. The Balaban J connectivity index is 0.00000240. The predicted octanol–water partition coefficient (Wildman–Crippen LogP) is 3.94. The first-order valence-electron chi connectivity index (χ1n) is 9.77. The first kappa shape index (κ1) is 22.0. The molecule has 0 bridgehead atoms. The van der Waals surface area contributed by atoms with Crippen molar-refractivity contribution >= 4 is 51.5 Å². The summed E-state index contributed by atoms with van der Waals surface area (Å²) in [5.74, 6) is 1.81. The van der Waals surface area contributed by atoms with Crippen molar-refractivity contribution in [2.45, 2.75) is 31.6 Å². The molecule has 154 valence electrons. The number of aliphatic imine (C=N–C) groups is 1. The molecular formula is C21H26BrIN6. The van der Waals surface area contributed by atoms with E-state index in [0.29, 0.717) is 0 Å². The minimum atomic E-state index is 0. The molecule has 29 heavy (non-hydrogen) atoms. The molecule has 0 aliphatic heterocycles. The third kappa shape index (κ3) is 5.28. The van der Waals surface area contributed by atoms with Gasteiger partial charge in [-0.25, -0.2) is 0 Å². The third-order valence-corrected chi connectivity index (χ3v) is 5.69. The summed E-state index contributed by atoms with van der Waals surface area (Å²) in [5, 5.41) is 15.3. The molecule has 0 atom stereocenters. The number of hydrogen-bond acceptors (Lipinski definition) is 3. The minimum Gasteiger partial charge on any atom is -0.357 e. The van der Waals surface area contributed by atoms with Gasteiger partial charge in [0.05, 0.1) is 6.54 Å². The minimum absolute atomic E-state index is 0. The number of guanidine groups is 1. The molecule has 2 aromatic heterocycles. The molecule has 2 N–H and O–H groups in total. The summed E-state index contributed by atoms with van der Waals surface area (Å²) in [6.07, 6.45) is 5.17. The van der Waals surface area contributed by atoms with Gasteiger partial charge >= 0.3 is 0 Å². The lowest BCUT2D eigenvalue weighted by Crippen LogP contribution is -2.39. The van der Waals surface area contributed by atoms with Crippen molar-refractivity contribution in [2.75, 3.05) is 19.6 Å². The van der Waals surface area contributed by atoms with Crippen molar-refractivity contribution in [3.05, 3.63) is 64.5 Å². The fourth-order valence-corrected chi connectivity index (χ4v) is 3.83. The van der Waals surface area contributed by atoms with Crippen LogP contribution in [0.4, 0.5) is 0 Å². The zero-order valence-electron chi connectivity index (χ0n) is 16.4. The highest BCUT2D eigenvalue weighted by molar-refractivity contribution is 14.0. The molecule has 1 aliphatic carbocycles. The largest absolute Gasteiger partial charge is 0.357 e. The molecule has 1 saturated carbocycles. The van der Waals surface area contributed by atoms with E-state index < -0.39 is 0 Å². The maximum absolute atomic E-state index is 4.87. The zero-order chi connectivity index (χ0) is 19.4. The number of halogens is 2. The third-order valence-electron chi connectivity index (χ3n) is 5.20. The summed E-state index contributed by atoms with van der Waals surface area (Å²) in [6, 6.07) is 14.5. The number of aromatic nitrogens is 3. The Kier molecular flexibility index (Phi) is 7.50. The van der Waals surface area contributed by atoms with Gasteiger partial charge in [-0.1, -0.05) is 34.1 Å². The average molecular weight is 569 g/mol. The number of fused-ring (bicyclic) bond motifs is 1. The lowest BCUT2D eigenvalue weighted by molar-refractivity contribution is 0.689. The molecule has 1 aliphatic rings. The monoisotopic (exact) mass is 568 g/mol. The first-order chi connectivity index (χ1) is 13.7. The Morgan fingerprint density at radius 2 is 2.03 bits per heavy atom. The molecule has 0 spiro atoms. The number of hydrogen-bond donors (Lipinski definition) is 2. The molecule has 1 aromatic carbocycles. The van der Waals surface area contributed by atoms with Crippen LogP contribution in [0.25, 0.3) is 5.65 Å². The molecule has 0 unspecified atom stereocenters. The highest BCUT2D eigenvalue weighted by atomic mass is 127. The van der Waals surface area contributed by atoms with Gasteiger partial charge in [-0.15, -0.1) is 34.2 Å². The number of pyridine rings is 1. The second-order valence-electron chi connectivity index (χ2n) is 7.21. The van der Waals surface area contributed by atoms with Crippen LogP contribution in [0.5, 0.6) is 0 Å². The maximum atomic E-state index is 4.87. The van der Waals surface area contributed by atoms with Gasteiger partial charge in [0.15, 0.2) is 11.6 Å². The second-order valence-corrected chi connectivity index (χ2v) is 8.12. The molecule has 1 fully saturated rings. The summed E-state index contributed by atoms with van der Waals surface area (Å²) >= 11 is 3.58. The smallest absolute Gasteiger partial charge is 0.191 e. The van der Waals surface area contributed by atoms with Gasteiger partial charge in [0, 0.05) is 35.6 Å². The molecule has 4 rings (SSSR count). The topological polar surface area (TPSA) is 66.6 Å². The Morgan fingerprint density at radius 3 is 2.79 bits per heavy atom. The van der Waals surface area contributed by atoms with Crippen molar-refractivity contribution in [1.29, 1.82) is 0 Å². The molecular weight excluding hydrogens is 543 g/mol. The summed E-state index contributed by atoms with van der Waals surface area (Å²) in [7, 11) is 0. The van der Waals surface area contributed by atoms with Gasteiger partial charge < -0.3 is 10.6 Å². The quantitative estimate of drug-likeness (QED) is 0.257. The highest BCUT2D eigenvalue weighted by Crippen LogP contribution is 2.48. The average Bonchev–Trinajstić information content (AvgIpc) is 3.40. The van der Waals surface area contributed by atoms with E-state index >= 15 is 0 Å². The molecule has 3 aromatic rings. The second kappa shape index (κ2) is 9.88. The van der Waals surface area contributed by atoms with E-state index in [0.717, 1.165) is 48.0 Å². The van der Waals surface area contributed by atoms with Crippen LogP contribution < -0.4 is 10.6 Å². The van der Waals surface area contributed by atoms with E-state index in [1.165, 1.54) is 18.4 Å². The Hall–Kier alpha value is -1.68. The summed E-state index contributed by atoms with van der Waals surface area (Å²) in [6.45, 7) is 4.48. The Labute approximate surface area is 196 Å². The van der Waals surface area contributed by atoms with Crippen molar-refractivity contribution in [3.8, 4) is 0 Å². The van der Waals surface area contributed by atoms with Crippen LogP contribution >= 0.6 is 39.9 Å². The van der Waals surface area contributed by atoms with Crippen molar-refractivity contribution in [3.63, 3.8) is 0 Å². The van der Waals surface area contributed by atoms with Crippen LogP contribution in [-0.4, -0.2) is 40.2 Å². The van der Waals surface area contributed by atoms with E-state index in [2.05, 4.69) is 68.0 Å². The van der Waals surface area contributed by atoms with E-state index in [1.54, 1.807) is 0 Å². The highest BCUT2D eigenvalue weighted by Gasteiger charge is 2.44. The number of nitrogens with one attached hydrogen (secondary N) is 2. The SMILES string of the molecule is CCNC(=NCC1(c2cccc(Br)c2)CC1)NCCc1nnc2ccccn12.I. The molecule has 0 radical (unpaired) electrons. The summed E-state index contributed by atoms with van der Waals surface area (Å²) < 4.78 is 3.16. The zero-order valence-corrected chi connectivity index (χ0v) is 20.4. The molecule has 8 heteroatoms. The van der Waals surface area contributed by atoms with Gasteiger partial charge in [0.2, 0.25) is 0 Å². The lowest BCUT2D eigenvalue weighted by Gasteiger charge is -2.16. The van der Waals surface area contributed by atoms with Gasteiger partial charge in [0.1, 0.15) is 5.82 Å². The van der Waals surface area contributed by atoms with Crippen molar-refractivity contribution < 1.29 is 0 Å². The number of rotatable bonds is 7. The number of benzene rings is 1. The lowest BCUT2D eigenvalue weighted by atomic mass is 9.96.